The van der Waals surface area contributed by atoms with Crippen molar-refractivity contribution in [1.82, 2.24) is 4.72 Å². The van der Waals surface area contributed by atoms with Gasteiger partial charge in [-0.1, -0.05) is 53.5 Å². The Balaban J connectivity index is 1.62. The Morgan fingerprint density at radius 1 is 1.00 bits per heavy atom. The van der Waals surface area contributed by atoms with Gasteiger partial charge in [0, 0.05) is 16.8 Å². The van der Waals surface area contributed by atoms with Gasteiger partial charge in [0.25, 0.3) is 5.91 Å². The third kappa shape index (κ3) is 6.45. The molecule has 6 nitrogen and oxygen atoms in total. The molecule has 0 saturated carbocycles. The molecule has 0 aliphatic rings. The zero-order valence-electron chi connectivity index (χ0n) is 16.5. The number of rotatable bonds is 8. The van der Waals surface area contributed by atoms with Crippen LogP contribution in [0.4, 0.5) is 5.69 Å². The molecule has 0 bridgehead atoms. The van der Waals surface area contributed by atoms with Crippen LogP contribution >= 0.6 is 23.2 Å². The van der Waals surface area contributed by atoms with Crippen molar-refractivity contribution in [3.63, 3.8) is 0 Å². The molecule has 0 saturated heterocycles. The second-order valence-electron chi connectivity index (χ2n) is 6.69. The highest BCUT2D eigenvalue weighted by Gasteiger charge is 2.20. The van der Waals surface area contributed by atoms with Crippen LogP contribution in [-0.4, -0.2) is 20.9 Å². The summed E-state index contributed by atoms with van der Waals surface area (Å²) < 4.78 is 33.4. The molecule has 9 heteroatoms. The van der Waals surface area contributed by atoms with E-state index in [0.29, 0.717) is 10.7 Å². The second kappa shape index (κ2) is 10.2. The van der Waals surface area contributed by atoms with Gasteiger partial charge in [-0.05, 0) is 55.0 Å². The van der Waals surface area contributed by atoms with Crippen molar-refractivity contribution < 1.29 is 17.9 Å². The number of carbonyl (C=O) groups is 1. The van der Waals surface area contributed by atoms with Crippen LogP contribution in [0.3, 0.4) is 0 Å². The summed E-state index contributed by atoms with van der Waals surface area (Å²) in [6, 6.07) is 19.5. The van der Waals surface area contributed by atoms with Crippen LogP contribution in [-0.2, 0) is 14.8 Å². The average molecular weight is 479 g/mol. The molecule has 1 amide bonds. The van der Waals surface area contributed by atoms with Crippen molar-refractivity contribution in [3.8, 4) is 5.75 Å². The molecule has 0 spiro atoms. The Bertz CT molecular complexity index is 1150. The van der Waals surface area contributed by atoms with E-state index >= 15 is 0 Å². The molecule has 0 unspecified atom stereocenters. The largest absolute Gasteiger partial charge is 0.482 e. The molecule has 0 aliphatic carbocycles. The molecule has 2 N–H and O–H groups in total. The Labute approximate surface area is 191 Å². The normalized spacial score (nSPS) is 12.2. The number of nitrogens with one attached hydrogen (secondary N) is 2. The highest BCUT2D eigenvalue weighted by Crippen LogP contribution is 2.28. The molecular formula is C22H20Cl2N2O4S. The summed E-state index contributed by atoms with van der Waals surface area (Å²) in [6.07, 6.45) is 0. The minimum absolute atomic E-state index is 0.00162. The van der Waals surface area contributed by atoms with Crippen molar-refractivity contribution in [3.05, 3.63) is 88.4 Å². The van der Waals surface area contributed by atoms with Crippen molar-refractivity contribution in [2.24, 2.45) is 0 Å². The highest BCUT2D eigenvalue weighted by atomic mass is 35.5. The highest BCUT2D eigenvalue weighted by molar-refractivity contribution is 7.89. The summed E-state index contributed by atoms with van der Waals surface area (Å²) in [5.41, 5.74) is 1.41. The van der Waals surface area contributed by atoms with Crippen LogP contribution in [0.1, 0.15) is 18.5 Å². The lowest BCUT2D eigenvalue weighted by molar-refractivity contribution is -0.118. The summed E-state index contributed by atoms with van der Waals surface area (Å²) in [5, 5.41) is 3.30. The van der Waals surface area contributed by atoms with Gasteiger partial charge < -0.3 is 10.1 Å². The van der Waals surface area contributed by atoms with Crippen molar-refractivity contribution in [2.75, 3.05) is 11.9 Å². The van der Waals surface area contributed by atoms with Crippen LogP contribution in [0.5, 0.6) is 5.75 Å². The third-order valence-electron chi connectivity index (χ3n) is 4.33. The summed E-state index contributed by atoms with van der Waals surface area (Å²) in [7, 11) is -3.80. The maximum Gasteiger partial charge on any atom is 0.262 e. The number of amides is 1. The first-order valence-corrected chi connectivity index (χ1v) is 11.5. The Morgan fingerprint density at radius 2 is 1.68 bits per heavy atom. The predicted octanol–water partition coefficient (Wildman–Crippen LogP) is 5.05. The SMILES string of the molecule is C[C@H](NS(=O)(=O)c1ccc(OCC(=O)Nc2ccc(Cl)cc2)c(Cl)c1)c1ccccc1. The minimum atomic E-state index is -3.80. The van der Waals surface area contributed by atoms with Gasteiger partial charge in [-0.25, -0.2) is 13.1 Å². The van der Waals surface area contributed by atoms with Crippen LogP contribution < -0.4 is 14.8 Å². The summed E-state index contributed by atoms with van der Waals surface area (Å²) in [5.74, 6) is -0.198. The first-order chi connectivity index (χ1) is 14.7. The lowest BCUT2D eigenvalue weighted by atomic mass is 10.1. The summed E-state index contributed by atoms with van der Waals surface area (Å²) >= 11 is 12.0. The van der Waals surface area contributed by atoms with E-state index in [1.807, 2.05) is 30.3 Å². The second-order valence-corrected chi connectivity index (χ2v) is 9.25. The van der Waals surface area contributed by atoms with Crippen LogP contribution in [0, 0.1) is 0 Å². The number of sulfonamides is 1. The van der Waals surface area contributed by atoms with E-state index in [0.717, 1.165) is 5.56 Å². The topological polar surface area (TPSA) is 84.5 Å². The number of hydrogen-bond donors (Lipinski definition) is 2. The fourth-order valence-corrected chi connectivity index (χ4v) is 4.43. The van der Waals surface area contributed by atoms with Crippen molar-refractivity contribution in [1.29, 1.82) is 0 Å². The lowest BCUT2D eigenvalue weighted by Crippen LogP contribution is -2.27. The maximum absolute atomic E-state index is 12.7. The molecule has 0 aliphatic heterocycles. The quantitative estimate of drug-likeness (QED) is 0.474. The number of ether oxygens (including phenoxy) is 1. The van der Waals surface area contributed by atoms with Gasteiger partial charge in [0.2, 0.25) is 10.0 Å². The van der Waals surface area contributed by atoms with Gasteiger partial charge in [0.15, 0.2) is 6.61 Å². The van der Waals surface area contributed by atoms with E-state index in [2.05, 4.69) is 10.0 Å². The fourth-order valence-electron chi connectivity index (χ4n) is 2.75. The molecule has 3 aromatic rings. The number of halogens is 2. The summed E-state index contributed by atoms with van der Waals surface area (Å²) in [4.78, 5) is 12.0. The van der Waals surface area contributed by atoms with E-state index in [-0.39, 0.29) is 22.3 Å². The van der Waals surface area contributed by atoms with Gasteiger partial charge in [-0.2, -0.15) is 0 Å². The number of carbonyl (C=O) groups excluding carboxylic acids is 1. The monoisotopic (exact) mass is 478 g/mol. The first-order valence-electron chi connectivity index (χ1n) is 9.29. The fraction of sp³-hybridized carbons (Fsp3) is 0.136. The van der Waals surface area contributed by atoms with E-state index in [4.69, 9.17) is 27.9 Å². The molecular weight excluding hydrogens is 459 g/mol. The molecule has 3 rings (SSSR count). The Morgan fingerprint density at radius 3 is 2.32 bits per heavy atom. The maximum atomic E-state index is 12.7. The average Bonchev–Trinajstić information content (AvgIpc) is 2.75. The van der Waals surface area contributed by atoms with Gasteiger partial charge >= 0.3 is 0 Å². The third-order valence-corrected chi connectivity index (χ3v) is 6.42. The Hall–Kier alpha value is -2.58. The standard InChI is InChI=1S/C22H20Cl2N2O4S/c1-15(16-5-3-2-4-6-16)26-31(28,29)19-11-12-21(20(24)13-19)30-14-22(27)25-18-9-7-17(23)8-10-18/h2-13,15,26H,14H2,1H3,(H,25,27)/t15-/m0/s1. The predicted molar refractivity (Wildman–Crippen MR) is 122 cm³/mol. The van der Waals surface area contributed by atoms with Gasteiger partial charge in [0.1, 0.15) is 5.75 Å². The van der Waals surface area contributed by atoms with Crippen molar-refractivity contribution in [2.45, 2.75) is 17.9 Å². The molecule has 31 heavy (non-hydrogen) atoms. The molecule has 0 heterocycles. The minimum Gasteiger partial charge on any atom is -0.482 e. The van der Waals surface area contributed by atoms with Crippen LogP contribution in [0.2, 0.25) is 10.0 Å². The zero-order chi connectivity index (χ0) is 22.4. The first kappa shape index (κ1) is 23.1. The van der Waals surface area contributed by atoms with Crippen molar-refractivity contribution >= 4 is 44.8 Å². The molecule has 1 atom stereocenters. The van der Waals surface area contributed by atoms with E-state index in [1.165, 1.54) is 18.2 Å². The van der Waals surface area contributed by atoms with E-state index in [9.17, 15) is 13.2 Å². The number of hydrogen-bond acceptors (Lipinski definition) is 4. The molecule has 0 radical (unpaired) electrons. The lowest BCUT2D eigenvalue weighted by Gasteiger charge is -2.15. The number of benzene rings is 3. The molecule has 0 aromatic heterocycles. The molecule has 162 valence electrons. The zero-order valence-corrected chi connectivity index (χ0v) is 18.8. The van der Waals surface area contributed by atoms with E-state index < -0.39 is 22.0 Å². The molecule has 0 fully saturated rings. The van der Waals surface area contributed by atoms with Gasteiger partial charge in [-0.3, -0.25) is 4.79 Å². The summed E-state index contributed by atoms with van der Waals surface area (Å²) in [6.45, 7) is 1.46. The van der Waals surface area contributed by atoms with E-state index in [1.54, 1.807) is 31.2 Å². The van der Waals surface area contributed by atoms with Crippen LogP contribution in [0.15, 0.2) is 77.7 Å². The number of anilines is 1. The van der Waals surface area contributed by atoms with Gasteiger partial charge in [-0.15, -0.1) is 0 Å². The van der Waals surface area contributed by atoms with Crippen LogP contribution in [0.25, 0.3) is 0 Å². The van der Waals surface area contributed by atoms with Gasteiger partial charge in [0.05, 0.1) is 9.92 Å². The Kier molecular flexibility index (Phi) is 7.56. The smallest absolute Gasteiger partial charge is 0.262 e. The molecule has 3 aromatic carbocycles.